The highest BCUT2D eigenvalue weighted by molar-refractivity contribution is 5.40. The number of hydrogen-bond acceptors (Lipinski definition) is 2. The van der Waals surface area contributed by atoms with E-state index in [0.29, 0.717) is 0 Å². The smallest absolute Gasteiger partial charge is 0.0885 e. The summed E-state index contributed by atoms with van der Waals surface area (Å²) in [6.45, 7) is 10.4. The van der Waals surface area contributed by atoms with Crippen LogP contribution in [-0.2, 0) is 11.3 Å². The molecule has 21 heavy (non-hydrogen) atoms. The molecule has 0 radical (unpaired) electrons. The van der Waals surface area contributed by atoms with Crippen molar-refractivity contribution in [2.24, 2.45) is 0 Å². The Hall–Kier alpha value is -2.00. The molecule has 112 valence electrons. The van der Waals surface area contributed by atoms with Crippen molar-refractivity contribution in [3.05, 3.63) is 66.2 Å². The molecule has 0 amide bonds. The molecule has 1 aromatic heterocycles. The topological polar surface area (TPSA) is 26.2 Å². The van der Waals surface area contributed by atoms with Crippen LogP contribution in [0.4, 0.5) is 0 Å². The first kappa shape index (κ1) is 15.4. The van der Waals surface area contributed by atoms with E-state index in [4.69, 9.17) is 4.74 Å². The van der Waals surface area contributed by atoms with Crippen LogP contribution in [0, 0.1) is 13.8 Å². The van der Waals surface area contributed by atoms with Crippen molar-refractivity contribution in [3.8, 4) is 5.69 Å². The molecule has 1 N–H and O–H groups in total. The minimum Gasteiger partial charge on any atom is -0.502 e. The van der Waals surface area contributed by atoms with E-state index < -0.39 is 0 Å². The quantitative estimate of drug-likeness (QED) is 0.590. The second-order valence-electron chi connectivity index (χ2n) is 5.14. The van der Waals surface area contributed by atoms with Crippen LogP contribution in [0.3, 0.4) is 0 Å². The third kappa shape index (κ3) is 3.99. The molecule has 1 aromatic carbocycles. The average Bonchev–Trinajstić information content (AvgIpc) is 2.78. The van der Waals surface area contributed by atoms with Crippen molar-refractivity contribution in [1.82, 2.24) is 9.88 Å². The maximum absolute atomic E-state index is 5.11. The van der Waals surface area contributed by atoms with Crippen LogP contribution in [0.5, 0.6) is 0 Å². The second-order valence-corrected chi connectivity index (χ2v) is 5.14. The molecule has 0 bridgehead atoms. The van der Waals surface area contributed by atoms with Crippen molar-refractivity contribution in [2.45, 2.75) is 26.8 Å². The Bertz CT molecular complexity index is 572. The van der Waals surface area contributed by atoms with Crippen LogP contribution in [0.15, 0.2) is 49.2 Å². The van der Waals surface area contributed by atoms with Gasteiger partial charge in [0.15, 0.2) is 0 Å². The summed E-state index contributed by atoms with van der Waals surface area (Å²) in [5.41, 5.74) is 5.14. The second kappa shape index (κ2) is 7.70. The SMILES string of the molecule is C=COCCCNCc1cc(C)n(-c2ccccc2)c1C. The minimum atomic E-state index is 0.722. The third-order valence-electron chi connectivity index (χ3n) is 3.60. The Labute approximate surface area is 127 Å². The van der Waals surface area contributed by atoms with E-state index in [-0.39, 0.29) is 0 Å². The number of aryl methyl sites for hydroxylation is 1. The van der Waals surface area contributed by atoms with E-state index >= 15 is 0 Å². The van der Waals surface area contributed by atoms with Crippen molar-refractivity contribution in [1.29, 1.82) is 0 Å². The number of nitrogens with one attached hydrogen (secondary N) is 1. The molecule has 0 unspecified atom stereocenters. The van der Waals surface area contributed by atoms with E-state index in [0.717, 1.165) is 26.1 Å². The van der Waals surface area contributed by atoms with E-state index in [1.54, 1.807) is 0 Å². The van der Waals surface area contributed by atoms with Gasteiger partial charge in [0.2, 0.25) is 0 Å². The standard InChI is InChI=1S/C18H24N2O/c1-4-21-12-8-11-19-14-17-13-15(2)20(16(17)3)18-9-6-5-7-10-18/h4-7,9-10,13,19H,1,8,11-12,14H2,2-3H3. The molecule has 0 fully saturated rings. The number of aromatic nitrogens is 1. The van der Waals surface area contributed by atoms with Gasteiger partial charge in [0.1, 0.15) is 0 Å². The predicted octanol–water partition coefficient (Wildman–Crippen LogP) is 3.73. The molecule has 0 aliphatic carbocycles. The fourth-order valence-corrected chi connectivity index (χ4v) is 2.57. The lowest BCUT2D eigenvalue weighted by Crippen LogP contribution is -2.16. The van der Waals surface area contributed by atoms with Gasteiger partial charge < -0.3 is 14.6 Å². The van der Waals surface area contributed by atoms with E-state index in [9.17, 15) is 0 Å². The summed E-state index contributed by atoms with van der Waals surface area (Å²) in [5.74, 6) is 0. The summed E-state index contributed by atoms with van der Waals surface area (Å²) in [7, 11) is 0. The van der Waals surface area contributed by atoms with Gasteiger partial charge in [-0.3, -0.25) is 0 Å². The first-order valence-corrected chi connectivity index (χ1v) is 7.40. The number of ether oxygens (including phenoxy) is 1. The van der Waals surface area contributed by atoms with E-state index in [2.05, 4.69) is 60.6 Å². The average molecular weight is 284 g/mol. The lowest BCUT2D eigenvalue weighted by atomic mass is 10.2. The fourth-order valence-electron chi connectivity index (χ4n) is 2.57. The molecule has 0 saturated carbocycles. The molecule has 0 saturated heterocycles. The highest BCUT2D eigenvalue weighted by Gasteiger charge is 2.09. The van der Waals surface area contributed by atoms with Crippen LogP contribution in [0.2, 0.25) is 0 Å². The molecule has 0 aliphatic rings. The van der Waals surface area contributed by atoms with Crippen molar-refractivity contribution < 1.29 is 4.74 Å². The van der Waals surface area contributed by atoms with Crippen molar-refractivity contribution in [2.75, 3.05) is 13.2 Å². The van der Waals surface area contributed by atoms with Gasteiger partial charge in [0, 0.05) is 23.6 Å². The van der Waals surface area contributed by atoms with Gasteiger partial charge in [-0.2, -0.15) is 0 Å². The third-order valence-corrected chi connectivity index (χ3v) is 3.60. The van der Waals surface area contributed by atoms with Gasteiger partial charge in [-0.15, -0.1) is 0 Å². The van der Waals surface area contributed by atoms with Crippen LogP contribution < -0.4 is 5.32 Å². The molecule has 0 spiro atoms. The fraction of sp³-hybridized carbons (Fsp3) is 0.333. The number of para-hydroxylation sites is 1. The van der Waals surface area contributed by atoms with Crippen molar-refractivity contribution >= 4 is 0 Å². The molecule has 2 rings (SSSR count). The summed E-state index contributed by atoms with van der Waals surface area (Å²) < 4.78 is 7.41. The Morgan fingerprint density at radius 2 is 2.00 bits per heavy atom. The first-order chi connectivity index (χ1) is 10.2. The molecule has 0 aliphatic heterocycles. The van der Waals surface area contributed by atoms with E-state index in [1.165, 1.54) is 28.9 Å². The minimum absolute atomic E-state index is 0.722. The number of benzene rings is 1. The molecular formula is C18H24N2O. The number of hydrogen-bond donors (Lipinski definition) is 1. The Kier molecular flexibility index (Phi) is 5.64. The Balaban J connectivity index is 1.98. The highest BCUT2D eigenvalue weighted by Crippen LogP contribution is 2.20. The molecular weight excluding hydrogens is 260 g/mol. The normalized spacial score (nSPS) is 10.6. The summed E-state index contributed by atoms with van der Waals surface area (Å²) >= 11 is 0. The molecule has 1 heterocycles. The van der Waals surface area contributed by atoms with Crippen LogP contribution in [-0.4, -0.2) is 17.7 Å². The summed E-state index contributed by atoms with van der Waals surface area (Å²) in [5, 5.41) is 3.47. The van der Waals surface area contributed by atoms with Crippen LogP contribution >= 0.6 is 0 Å². The van der Waals surface area contributed by atoms with Crippen LogP contribution in [0.1, 0.15) is 23.4 Å². The highest BCUT2D eigenvalue weighted by atomic mass is 16.5. The Morgan fingerprint density at radius 3 is 2.71 bits per heavy atom. The molecule has 0 atom stereocenters. The maximum Gasteiger partial charge on any atom is 0.0885 e. The van der Waals surface area contributed by atoms with Crippen LogP contribution in [0.25, 0.3) is 5.69 Å². The zero-order chi connectivity index (χ0) is 15.1. The van der Waals surface area contributed by atoms with Crippen molar-refractivity contribution in [3.63, 3.8) is 0 Å². The lowest BCUT2D eigenvalue weighted by Gasteiger charge is -2.10. The summed E-state index contributed by atoms with van der Waals surface area (Å²) in [4.78, 5) is 0. The number of rotatable bonds is 8. The maximum atomic E-state index is 5.11. The van der Waals surface area contributed by atoms with Gasteiger partial charge in [-0.05, 0) is 50.6 Å². The van der Waals surface area contributed by atoms with E-state index in [1.807, 2.05) is 6.07 Å². The summed E-state index contributed by atoms with van der Waals surface area (Å²) in [6, 6.07) is 12.7. The molecule has 3 heteroatoms. The largest absolute Gasteiger partial charge is 0.502 e. The molecule has 2 aromatic rings. The van der Waals surface area contributed by atoms with Gasteiger partial charge in [0.25, 0.3) is 0 Å². The number of nitrogens with zero attached hydrogens (tertiary/aromatic N) is 1. The monoisotopic (exact) mass is 284 g/mol. The molecule has 3 nitrogen and oxygen atoms in total. The zero-order valence-electron chi connectivity index (χ0n) is 12.9. The first-order valence-electron chi connectivity index (χ1n) is 7.40. The summed E-state index contributed by atoms with van der Waals surface area (Å²) in [6.07, 6.45) is 2.48. The lowest BCUT2D eigenvalue weighted by molar-refractivity contribution is 0.244. The van der Waals surface area contributed by atoms with Gasteiger partial charge in [-0.25, -0.2) is 0 Å². The Morgan fingerprint density at radius 1 is 1.24 bits per heavy atom. The van der Waals surface area contributed by atoms with Gasteiger partial charge in [-0.1, -0.05) is 24.8 Å². The van der Waals surface area contributed by atoms with Gasteiger partial charge in [0.05, 0.1) is 12.9 Å². The van der Waals surface area contributed by atoms with Gasteiger partial charge >= 0.3 is 0 Å². The zero-order valence-corrected chi connectivity index (χ0v) is 12.9. The predicted molar refractivity (Wildman–Crippen MR) is 87.7 cm³/mol.